The number of aliphatic hydroxyl groups excluding tert-OH is 1. The molecule has 1 atom stereocenters. The van der Waals surface area contributed by atoms with Crippen LogP contribution in [0.1, 0.15) is 17.4 Å². The lowest BCUT2D eigenvalue weighted by Crippen LogP contribution is -2.45. The van der Waals surface area contributed by atoms with Gasteiger partial charge in [0.05, 0.1) is 6.61 Å². The number of aliphatic hydroxyl groups is 1. The van der Waals surface area contributed by atoms with Crippen LogP contribution in [0, 0.1) is 0 Å². The molecule has 0 saturated carbocycles. The summed E-state index contributed by atoms with van der Waals surface area (Å²) in [5, 5.41) is 14.2. The Hall–Kier alpha value is -1.85. The molecule has 2 amide bonds. The van der Waals surface area contributed by atoms with Crippen LogP contribution in [-0.2, 0) is 13.0 Å². The molecule has 0 fully saturated rings. The maximum Gasteiger partial charge on any atom is 0.317 e. The van der Waals surface area contributed by atoms with Gasteiger partial charge in [0.25, 0.3) is 0 Å². The summed E-state index contributed by atoms with van der Waals surface area (Å²) < 4.78 is 0. The first-order valence-corrected chi connectivity index (χ1v) is 8.29. The summed E-state index contributed by atoms with van der Waals surface area (Å²) in [6.07, 6.45) is 0.821. The van der Waals surface area contributed by atoms with Crippen molar-refractivity contribution in [1.29, 1.82) is 0 Å². The monoisotopic (exact) mass is 318 g/mol. The zero-order valence-electron chi connectivity index (χ0n) is 12.7. The van der Waals surface area contributed by atoms with Gasteiger partial charge < -0.3 is 15.3 Å². The van der Waals surface area contributed by atoms with E-state index < -0.39 is 0 Å². The standard InChI is InChI=1S/C17H22N2O2S/c1-14(12-16-8-5-11-22-16)18-17(21)19(9-10-20)13-15-6-3-2-4-7-15/h2-8,11,14,20H,9-10,12-13H2,1H3,(H,18,21). The van der Waals surface area contributed by atoms with Gasteiger partial charge in [-0.1, -0.05) is 36.4 Å². The Morgan fingerprint density at radius 2 is 2.05 bits per heavy atom. The van der Waals surface area contributed by atoms with E-state index in [9.17, 15) is 9.90 Å². The molecular formula is C17H22N2O2S. The Labute approximate surface area is 135 Å². The van der Waals surface area contributed by atoms with Crippen molar-refractivity contribution in [3.8, 4) is 0 Å². The van der Waals surface area contributed by atoms with E-state index in [-0.39, 0.29) is 18.7 Å². The third kappa shape index (κ3) is 5.16. The number of thiophene rings is 1. The second-order valence-electron chi connectivity index (χ2n) is 5.26. The van der Waals surface area contributed by atoms with Gasteiger partial charge in [-0.15, -0.1) is 11.3 Å². The van der Waals surface area contributed by atoms with Gasteiger partial charge in [0.2, 0.25) is 0 Å². The number of urea groups is 1. The molecule has 1 heterocycles. The van der Waals surface area contributed by atoms with Crippen LogP contribution < -0.4 is 5.32 Å². The first kappa shape index (κ1) is 16.5. The number of hydrogen-bond donors (Lipinski definition) is 2. The van der Waals surface area contributed by atoms with E-state index in [2.05, 4.69) is 11.4 Å². The number of nitrogens with one attached hydrogen (secondary N) is 1. The molecule has 1 aromatic carbocycles. The molecule has 2 aromatic rings. The second-order valence-corrected chi connectivity index (χ2v) is 6.30. The van der Waals surface area contributed by atoms with Gasteiger partial charge in [-0.25, -0.2) is 4.79 Å². The number of carbonyl (C=O) groups excluding carboxylic acids is 1. The van der Waals surface area contributed by atoms with Crippen molar-refractivity contribution < 1.29 is 9.90 Å². The van der Waals surface area contributed by atoms with E-state index in [4.69, 9.17) is 0 Å². The van der Waals surface area contributed by atoms with Crippen molar-refractivity contribution in [3.05, 3.63) is 58.3 Å². The molecule has 118 valence electrons. The summed E-state index contributed by atoms with van der Waals surface area (Å²) >= 11 is 1.69. The summed E-state index contributed by atoms with van der Waals surface area (Å²) in [6, 6.07) is 13.8. The van der Waals surface area contributed by atoms with Crippen molar-refractivity contribution in [1.82, 2.24) is 10.2 Å². The molecule has 2 N–H and O–H groups in total. The average molecular weight is 318 g/mol. The van der Waals surface area contributed by atoms with Crippen LogP contribution in [0.5, 0.6) is 0 Å². The Morgan fingerprint density at radius 1 is 1.27 bits per heavy atom. The summed E-state index contributed by atoms with van der Waals surface area (Å²) in [7, 11) is 0. The minimum absolute atomic E-state index is 0.0421. The second kappa shape index (κ2) is 8.56. The van der Waals surface area contributed by atoms with Gasteiger partial charge in [0.1, 0.15) is 0 Å². The number of benzene rings is 1. The molecule has 2 rings (SSSR count). The van der Waals surface area contributed by atoms with E-state index in [0.29, 0.717) is 13.1 Å². The molecule has 0 saturated heterocycles. The Morgan fingerprint density at radius 3 is 2.68 bits per heavy atom. The average Bonchev–Trinajstić information content (AvgIpc) is 3.00. The predicted molar refractivity (Wildman–Crippen MR) is 90.0 cm³/mol. The molecule has 0 aliphatic heterocycles. The summed E-state index contributed by atoms with van der Waals surface area (Å²) in [5.41, 5.74) is 1.05. The van der Waals surface area contributed by atoms with Crippen LogP contribution in [0.4, 0.5) is 4.79 Å². The molecule has 5 heteroatoms. The first-order chi connectivity index (χ1) is 10.7. The highest BCUT2D eigenvalue weighted by atomic mass is 32.1. The Kier molecular flexibility index (Phi) is 6.43. The minimum Gasteiger partial charge on any atom is -0.395 e. The summed E-state index contributed by atoms with van der Waals surface area (Å²) in [4.78, 5) is 15.3. The van der Waals surface area contributed by atoms with Gasteiger partial charge >= 0.3 is 6.03 Å². The van der Waals surface area contributed by atoms with Crippen molar-refractivity contribution in [2.45, 2.75) is 25.9 Å². The predicted octanol–water partition coefficient (Wildman–Crippen LogP) is 2.88. The number of nitrogens with zero attached hydrogens (tertiary/aromatic N) is 1. The fourth-order valence-electron chi connectivity index (χ4n) is 2.26. The molecule has 1 aromatic heterocycles. The van der Waals surface area contributed by atoms with E-state index in [1.807, 2.05) is 48.7 Å². The smallest absolute Gasteiger partial charge is 0.317 e. The Bertz CT molecular complexity index is 557. The molecule has 0 bridgehead atoms. The van der Waals surface area contributed by atoms with Crippen LogP contribution in [0.3, 0.4) is 0 Å². The fraction of sp³-hybridized carbons (Fsp3) is 0.353. The van der Waals surface area contributed by atoms with Gasteiger partial charge in [0.15, 0.2) is 0 Å². The third-order valence-corrected chi connectivity index (χ3v) is 4.23. The van der Waals surface area contributed by atoms with Gasteiger partial charge in [-0.2, -0.15) is 0 Å². The minimum atomic E-state index is -0.137. The van der Waals surface area contributed by atoms with E-state index >= 15 is 0 Å². The number of hydrogen-bond acceptors (Lipinski definition) is 3. The summed E-state index contributed by atoms with van der Waals surface area (Å²) in [5.74, 6) is 0. The molecule has 22 heavy (non-hydrogen) atoms. The van der Waals surface area contributed by atoms with Crippen LogP contribution in [0.15, 0.2) is 47.8 Å². The lowest BCUT2D eigenvalue weighted by atomic mass is 10.2. The van der Waals surface area contributed by atoms with Crippen LogP contribution >= 0.6 is 11.3 Å². The molecule has 0 aliphatic carbocycles. The number of amides is 2. The maximum absolute atomic E-state index is 12.4. The highest BCUT2D eigenvalue weighted by Gasteiger charge is 2.16. The molecule has 4 nitrogen and oxygen atoms in total. The zero-order chi connectivity index (χ0) is 15.8. The van der Waals surface area contributed by atoms with E-state index in [1.165, 1.54) is 4.88 Å². The fourth-order valence-corrected chi connectivity index (χ4v) is 3.10. The molecule has 0 spiro atoms. The van der Waals surface area contributed by atoms with Crippen molar-refractivity contribution in [3.63, 3.8) is 0 Å². The summed E-state index contributed by atoms with van der Waals surface area (Å²) in [6.45, 7) is 2.78. The van der Waals surface area contributed by atoms with Gasteiger partial charge in [-0.3, -0.25) is 0 Å². The van der Waals surface area contributed by atoms with Crippen molar-refractivity contribution in [2.75, 3.05) is 13.2 Å². The van der Waals surface area contributed by atoms with Crippen LogP contribution in [0.25, 0.3) is 0 Å². The Balaban J connectivity index is 1.91. The normalized spacial score (nSPS) is 11.9. The van der Waals surface area contributed by atoms with Crippen LogP contribution in [0.2, 0.25) is 0 Å². The van der Waals surface area contributed by atoms with Crippen LogP contribution in [-0.4, -0.2) is 35.2 Å². The topological polar surface area (TPSA) is 52.6 Å². The molecule has 0 aliphatic rings. The SMILES string of the molecule is CC(Cc1cccs1)NC(=O)N(CCO)Cc1ccccc1. The molecular weight excluding hydrogens is 296 g/mol. The number of rotatable bonds is 7. The van der Waals surface area contributed by atoms with Gasteiger partial charge in [-0.05, 0) is 23.9 Å². The number of carbonyl (C=O) groups is 1. The highest BCUT2D eigenvalue weighted by Crippen LogP contribution is 2.11. The highest BCUT2D eigenvalue weighted by molar-refractivity contribution is 7.09. The maximum atomic E-state index is 12.4. The van der Waals surface area contributed by atoms with Crippen molar-refractivity contribution >= 4 is 17.4 Å². The van der Waals surface area contributed by atoms with E-state index in [0.717, 1.165) is 12.0 Å². The lowest BCUT2D eigenvalue weighted by molar-refractivity contribution is 0.171. The van der Waals surface area contributed by atoms with E-state index in [1.54, 1.807) is 16.2 Å². The molecule has 0 radical (unpaired) electrons. The largest absolute Gasteiger partial charge is 0.395 e. The molecule has 1 unspecified atom stereocenters. The zero-order valence-corrected chi connectivity index (χ0v) is 13.6. The van der Waals surface area contributed by atoms with Crippen molar-refractivity contribution in [2.24, 2.45) is 0 Å². The van der Waals surface area contributed by atoms with Gasteiger partial charge in [0, 0.05) is 30.4 Å². The lowest BCUT2D eigenvalue weighted by Gasteiger charge is -2.24. The first-order valence-electron chi connectivity index (χ1n) is 7.41. The third-order valence-electron chi connectivity index (χ3n) is 3.33. The quantitative estimate of drug-likeness (QED) is 0.825.